The molecular formula is C38H68. The minimum atomic E-state index is 0.815. The summed E-state index contributed by atoms with van der Waals surface area (Å²) in [4.78, 5) is 0. The fraction of sp³-hybridized carbons (Fsp3) is 1.00. The monoisotopic (exact) mass is 525 g/mol. The van der Waals surface area contributed by atoms with E-state index in [9.17, 15) is 0 Å². The van der Waals surface area contributed by atoms with Crippen molar-refractivity contribution in [3.63, 3.8) is 0 Å². The van der Waals surface area contributed by atoms with Crippen LogP contribution < -0.4 is 0 Å². The predicted octanol–water partition coefficient (Wildman–Crippen LogP) is 12.7. The Hall–Kier alpha value is 0. The molecule has 0 N–H and O–H groups in total. The average Bonchev–Trinajstić information content (AvgIpc) is 2.94. The van der Waals surface area contributed by atoms with Gasteiger partial charge in [-0.05, 0) is 136 Å². The molecule has 38 heavy (non-hydrogen) atoms. The lowest BCUT2D eigenvalue weighted by Gasteiger charge is -2.62. The molecule has 0 aromatic heterocycles. The zero-order valence-corrected chi connectivity index (χ0v) is 26.3. The third-order valence-electron chi connectivity index (χ3n) is 13.7. The summed E-state index contributed by atoms with van der Waals surface area (Å²) >= 11 is 0. The number of unbranched alkanes of at least 4 members (excludes halogenated alkanes) is 6. The lowest BCUT2D eigenvalue weighted by atomic mass is 9.43. The molecule has 5 aliphatic carbocycles. The second kappa shape index (κ2) is 14.3. The van der Waals surface area contributed by atoms with Gasteiger partial charge in [-0.15, -0.1) is 0 Å². The summed E-state index contributed by atoms with van der Waals surface area (Å²) < 4.78 is 0. The third kappa shape index (κ3) is 7.64. The lowest BCUT2D eigenvalue weighted by Crippen LogP contribution is -2.50. The summed E-state index contributed by atoms with van der Waals surface area (Å²) in [6.07, 6.45) is 43.6. The number of hydrogen-bond acceptors (Lipinski definition) is 0. The van der Waals surface area contributed by atoms with Gasteiger partial charge in [0.25, 0.3) is 0 Å². The maximum absolute atomic E-state index is 2.35. The maximum atomic E-state index is 2.35. The molecule has 5 fully saturated rings. The largest absolute Gasteiger partial charge is 0.0654 e. The van der Waals surface area contributed by atoms with Crippen molar-refractivity contribution < 1.29 is 0 Å². The van der Waals surface area contributed by atoms with Gasteiger partial charge >= 0.3 is 0 Å². The Bertz CT molecular complexity index is 634. The van der Waals surface area contributed by atoms with E-state index in [1.165, 1.54) is 57.8 Å². The van der Waals surface area contributed by atoms with E-state index < -0.39 is 0 Å². The molecule has 5 rings (SSSR count). The minimum absolute atomic E-state index is 0.815. The molecule has 0 heterocycles. The number of rotatable bonds is 12. The van der Waals surface area contributed by atoms with Crippen molar-refractivity contribution in [1.29, 1.82) is 0 Å². The first-order valence-corrected chi connectivity index (χ1v) is 18.6. The van der Waals surface area contributed by atoms with Crippen molar-refractivity contribution in [2.24, 2.45) is 46.3 Å². The highest BCUT2D eigenvalue weighted by atomic mass is 14.6. The summed E-state index contributed by atoms with van der Waals surface area (Å²) in [6, 6.07) is 0. The summed E-state index contributed by atoms with van der Waals surface area (Å²) in [5.74, 6) is 6.60. The van der Waals surface area contributed by atoms with E-state index in [0.717, 1.165) is 46.3 Å². The SMILES string of the molecule is CCCCCCCC1CCC(C2CCC3(CC2)CC2(CCC(C4CCC(CCCCC)CC4)CC2)C3)CC1. The molecule has 0 heteroatoms. The highest BCUT2D eigenvalue weighted by Crippen LogP contribution is 2.67. The van der Waals surface area contributed by atoms with Crippen molar-refractivity contribution >= 4 is 0 Å². The maximum Gasteiger partial charge on any atom is -0.0287 e. The molecule has 0 bridgehead atoms. The van der Waals surface area contributed by atoms with Gasteiger partial charge in [0.05, 0.1) is 0 Å². The molecule has 5 aliphatic rings. The average molecular weight is 525 g/mol. The van der Waals surface area contributed by atoms with Crippen LogP contribution in [-0.4, -0.2) is 0 Å². The Morgan fingerprint density at radius 3 is 1.16 bits per heavy atom. The van der Waals surface area contributed by atoms with Crippen molar-refractivity contribution in [2.45, 2.75) is 194 Å². The summed E-state index contributed by atoms with van der Waals surface area (Å²) in [5.41, 5.74) is 1.63. The summed E-state index contributed by atoms with van der Waals surface area (Å²) in [7, 11) is 0. The van der Waals surface area contributed by atoms with Crippen molar-refractivity contribution in [2.75, 3.05) is 0 Å². The first-order chi connectivity index (χ1) is 18.6. The van der Waals surface area contributed by atoms with E-state index in [4.69, 9.17) is 0 Å². The molecule has 0 amide bonds. The highest BCUT2D eigenvalue weighted by Gasteiger charge is 2.56. The topological polar surface area (TPSA) is 0 Å². The fourth-order valence-electron chi connectivity index (χ4n) is 11.3. The van der Waals surface area contributed by atoms with E-state index in [0.29, 0.717) is 0 Å². The molecule has 5 saturated carbocycles. The van der Waals surface area contributed by atoms with Crippen LogP contribution in [0.1, 0.15) is 194 Å². The quantitative estimate of drug-likeness (QED) is 0.223. The van der Waals surface area contributed by atoms with E-state index >= 15 is 0 Å². The van der Waals surface area contributed by atoms with Gasteiger partial charge in [-0.2, -0.15) is 0 Å². The lowest BCUT2D eigenvalue weighted by molar-refractivity contribution is -0.109. The molecule has 0 aliphatic heterocycles. The van der Waals surface area contributed by atoms with Crippen LogP contribution in [0, 0.1) is 46.3 Å². The first kappa shape index (κ1) is 29.5. The summed E-state index contributed by atoms with van der Waals surface area (Å²) in [6.45, 7) is 4.69. The predicted molar refractivity (Wildman–Crippen MR) is 166 cm³/mol. The molecular weight excluding hydrogens is 456 g/mol. The Labute approximate surface area is 239 Å². The van der Waals surface area contributed by atoms with Gasteiger partial charge in [0.15, 0.2) is 0 Å². The zero-order chi connectivity index (χ0) is 26.3. The molecule has 0 aromatic carbocycles. The molecule has 0 unspecified atom stereocenters. The Morgan fingerprint density at radius 2 is 0.737 bits per heavy atom. The van der Waals surface area contributed by atoms with E-state index in [1.807, 2.05) is 0 Å². The van der Waals surface area contributed by atoms with Crippen LogP contribution >= 0.6 is 0 Å². The van der Waals surface area contributed by atoms with Gasteiger partial charge in [-0.1, -0.05) is 104 Å². The molecule has 220 valence electrons. The van der Waals surface area contributed by atoms with Gasteiger partial charge in [-0.3, -0.25) is 0 Å². The van der Waals surface area contributed by atoms with Gasteiger partial charge < -0.3 is 0 Å². The number of hydrogen-bond donors (Lipinski definition) is 0. The highest BCUT2D eigenvalue weighted by molar-refractivity contribution is 5.07. The normalized spacial score (nSPS) is 41.8. The van der Waals surface area contributed by atoms with Crippen LogP contribution in [0.25, 0.3) is 0 Å². The molecule has 0 radical (unpaired) electrons. The van der Waals surface area contributed by atoms with Crippen LogP contribution in [0.5, 0.6) is 0 Å². The Kier molecular flexibility index (Phi) is 11.1. The van der Waals surface area contributed by atoms with Crippen LogP contribution in [0.2, 0.25) is 0 Å². The Balaban J connectivity index is 0.948. The van der Waals surface area contributed by atoms with E-state index in [1.54, 1.807) is 122 Å². The van der Waals surface area contributed by atoms with Crippen molar-refractivity contribution in [1.82, 2.24) is 0 Å². The molecule has 2 spiro atoms. The van der Waals surface area contributed by atoms with Gasteiger partial charge in [0, 0.05) is 0 Å². The van der Waals surface area contributed by atoms with Crippen LogP contribution in [-0.2, 0) is 0 Å². The van der Waals surface area contributed by atoms with Gasteiger partial charge in [-0.25, -0.2) is 0 Å². The standard InChI is InChI=1S/C38H68/c1-3-5-7-8-10-12-32-15-19-34(20-16-32)36-23-27-38(28-24-36)29-37(30-38)25-21-35(22-26-37)33-17-13-31(14-18-33)11-9-6-4-2/h31-36H,3-30H2,1-2H3. The van der Waals surface area contributed by atoms with Crippen LogP contribution in [0.4, 0.5) is 0 Å². The molecule has 0 nitrogen and oxygen atoms in total. The Morgan fingerprint density at radius 1 is 0.395 bits per heavy atom. The van der Waals surface area contributed by atoms with E-state index in [2.05, 4.69) is 13.8 Å². The van der Waals surface area contributed by atoms with Crippen molar-refractivity contribution in [3.05, 3.63) is 0 Å². The molecule has 0 atom stereocenters. The van der Waals surface area contributed by atoms with Gasteiger partial charge in [0.2, 0.25) is 0 Å². The first-order valence-electron chi connectivity index (χ1n) is 18.6. The molecule has 0 aromatic rings. The summed E-state index contributed by atoms with van der Waals surface area (Å²) in [5, 5.41) is 0. The minimum Gasteiger partial charge on any atom is -0.0654 e. The van der Waals surface area contributed by atoms with Gasteiger partial charge in [0.1, 0.15) is 0 Å². The third-order valence-corrected chi connectivity index (χ3v) is 13.7. The smallest absolute Gasteiger partial charge is 0.0287 e. The van der Waals surface area contributed by atoms with Crippen molar-refractivity contribution in [3.8, 4) is 0 Å². The second-order valence-electron chi connectivity index (χ2n) is 16.3. The zero-order valence-electron chi connectivity index (χ0n) is 26.3. The van der Waals surface area contributed by atoms with Crippen LogP contribution in [0.3, 0.4) is 0 Å². The van der Waals surface area contributed by atoms with Crippen LogP contribution in [0.15, 0.2) is 0 Å². The molecule has 0 saturated heterocycles. The van der Waals surface area contributed by atoms with E-state index in [-0.39, 0.29) is 0 Å². The fourth-order valence-corrected chi connectivity index (χ4v) is 11.3. The second-order valence-corrected chi connectivity index (χ2v) is 16.3.